The molecule has 7 heteroatoms. The first-order valence-electron chi connectivity index (χ1n) is 6.52. The molecule has 0 aromatic carbocycles. The van der Waals surface area contributed by atoms with Crippen molar-refractivity contribution in [2.75, 3.05) is 18.0 Å². The molecule has 0 bridgehead atoms. The number of nitrogens with zero attached hydrogens (tertiary/aromatic N) is 2. The Morgan fingerprint density at radius 2 is 2.05 bits per heavy atom. The lowest BCUT2D eigenvalue weighted by atomic mass is 10.1. The summed E-state index contributed by atoms with van der Waals surface area (Å²) in [5.74, 6) is 0.513. The number of hydrogen-bond acceptors (Lipinski definition) is 3. The zero-order chi connectivity index (χ0) is 14.3. The normalized spacial score (nSPS) is 19.6. The quantitative estimate of drug-likeness (QED) is 0.921. The van der Waals surface area contributed by atoms with Crippen molar-refractivity contribution in [3.63, 3.8) is 0 Å². The van der Waals surface area contributed by atoms with Crippen LogP contribution in [0.1, 0.15) is 18.4 Å². The summed E-state index contributed by atoms with van der Waals surface area (Å²) in [4.78, 5) is 17.2. The minimum Gasteiger partial charge on any atom is -0.352 e. The second-order valence-corrected chi connectivity index (χ2v) is 5.29. The summed E-state index contributed by atoms with van der Waals surface area (Å²) < 4.78 is 37.8. The highest BCUT2D eigenvalue weighted by Crippen LogP contribution is 2.32. The number of carbonyl (C=O) groups is 1. The Bertz CT molecular complexity index is 522. The van der Waals surface area contributed by atoms with Gasteiger partial charge < -0.3 is 10.2 Å². The van der Waals surface area contributed by atoms with Crippen LogP contribution >= 0.6 is 0 Å². The van der Waals surface area contributed by atoms with E-state index in [2.05, 4.69) is 10.3 Å². The number of halogens is 3. The minimum atomic E-state index is -4.36. The van der Waals surface area contributed by atoms with Crippen molar-refractivity contribution >= 4 is 11.7 Å². The van der Waals surface area contributed by atoms with Crippen LogP contribution in [-0.2, 0) is 11.0 Å². The van der Waals surface area contributed by atoms with Gasteiger partial charge in [0.1, 0.15) is 5.82 Å². The lowest BCUT2D eigenvalue weighted by Crippen LogP contribution is -2.60. The molecule has 1 saturated carbocycles. The summed E-state index contributed by atoms with van der Waals surface area (Å²) >= 11 is 0. The van der Waals surface area contributed by atoms with Crippen LogP contribution in [0.2, 0.25) is 0 Å². The molecule has 2 fully saturated rings. The maximum absolute atomic E-state index is 12.6. The molecule has 1 aliphatic carbocycles. The fraction of sp³-hybridized carbons (Fsp3) is 0.538. The summed E-state index contributed by atoms with van der Waals surface area (Å²) in [6.07, 6.45) is -1.31. The van der Waals surface area contributed by atoms with E-state index in [1.165, 1.54) is 0 Å². The summed E-state index contributed by atoms with van der Waals surface area (Å²) in [5.41, 5.74) is -0.701. The lowest BCUT2D eigenvalue weighted by molar-refractivity contribution is -0.137. The van der Waals surface area contributed by atoms with E-state index in [9.17, 15) is 18.0 Å². The number of pyridine rings is 1. The van der Waals surface area contributed by atoms with Gasteiger partial charge in [0.2, 0.25) is 5.91 Å². The highest BCUT2D eigenvalue weighted by molar-refractivity contribution is 5.81. The van der Waals surface area contributed by atoms with Crippen molar-refractivity contribution in [3.05, 3.63) is 23.9 Å². The Balaban J connectivity index is 1.58. The minimum absolute atomic E-state index is 0.0134. The molecule has 0 spiro atoms. The SMILES string of the molecule is O=C(NC1CN(c2cc(C(F)(F)F)ccn2)C1)C1CC1. The van der Waals surface area contributed by atoms with Crippen LogP contribution in [0.15, 0.2) is 18.3 Å². The van der Waals surface area contributed by atoms with Crippen LogP contribution in [0, 0.1) is 5.92 Å². The van der Waals surface area contributed by atoms with Crippen molar-refractivity contribution in [2.24, 2.45) is 5.92 Å². The first-order valence-corrected chi connectivity index (χ1v) is 6.52. The second kappa shape index (κ2) is 4.64. The fourth-order valence-corrected chi connectivity index (χ4v) is 2.19. The van der Waals surface area contributed by atoms with Crippen molar-refractivity contribution in [1.29, 1.82) is 0 Å². The maximum atomic E-state index is 12.6. The highest BCUT2D eigenvalue weighted by atomic mass is 19.4. The number of hydrogen-bond donors (Lipinski definition) is 1. The first-order chi connectivity index (χ1) is 9.43. The first kappa shape index (κ1) is 13.2. The summed E-state index contributed by atoms with van der Waals surface area (Å²) in [6, 6.07) is 2.01. The van der Waals surface area contributed by atoms with Crippen molar-refractivity contribution < 1.29 is 18.0 Å². The molecule has 2 aliphatic rings. The zero-order valence-corrected chi connectivity index (χ0v) is 10.7. The summed E-state index contributed by atoms with van der Waals surface area (Å²) in [6.45, 7) is 1.01. The van der Waals surface area contributed by atoms with Gasteiger partial charge in [0.05, 0.1) is 11.6 Å². The molecule has 0 radical (unpaired) electrons. The second-order valence-electron chi connectivity index (χ2n) is 5.29. The van der Waals surface area contributed by atoms with Crippen LogP contribution in [0.3, 0.4) is 0 Å². The monoisotopic (exact) mass is 285 g/mol. The van der Waals surface area contributed by atoms with Gasteiger partial charge in [-0.05, 0) is 25.0 Å². The lowest BCUT2D eigenvalue weighted by Gasteiger charge is -2.40. The molecule has 1 aromatic heterocycles. The number of nitrogens with one attached hydrogen (secondary N) is 1. The van der Waals surface area contributed by atoms with E-state index in [1.807, 2.05) is 0 Å². The number of rotatable bonds is 3. The van der Waals surface area contributed by atoms with Gasteiger partial charge in [0, 0.05) is 25.2 Å². The van der Waals surface area contributed by atoms with Gasteiger partial charge in [-0.3, -0.25) is 4.79 Å². The molecule has 1 saturated heterocycles. The van der Waals surface area contributed by atoms with Gasteiger partial charge in [0.15, 0.2) is 0 Å². The maximum Gasteiger partial charge on any atom is 0.416 e. The van der Waals surface area contributed by atoms with E-state index in [-0.39, 0.29) is 17.9 Å². The zero-order valence-electron chi connectivity index (χ0n) is 10.7. The Kier molecular flexibility index (Phi) is 3.07. The van der Waals surface area contributed by atoms with Crippen LogP contribution in [0.25, 0.3) is 0 Å². The van der Waals surface area contributed by atoms with E-state index in [0.717, 1.165) is 31.2 Å². The molecule has 1 aliphatic heterocycles. The highest BCUT2D eigenvalue weighted by Gasteiger charge is 2.36. The average Bonchev–Trinajstić information content (AvgIpc) is 3.16. The van der Waals surface area contributed by atoms with E-state index in [4.69, 9.17) is 0 Å². The van der Waals surface area contributed by atoms with E-state index < -0.39 is 11.7 Å². The van der Waals surface area contributed by atoms with E-state index in [0.29, 0.717) is 18.9 Å². The summed E-state index contributed by atoms with van der Waals surface area (Å²) in [7, 11) is 0. The number of alkyl halides is 3. The van der Waals surface area contributed by atoms with Crippen LogP contribution < -0.4 is 10.2 Å². The Labute approximate surface area is 114 Å². The fourth-order valence-electron chi connectivity index (χ4n) is 2.19. The topological polar surface area (TPSA) is 45.2 Å². The van der Waals surface area contributed by atoms with E-state index >= 15 is 0 Å². The van der Waals surface area contributed by atoms with Crippen molar-refractivity contribution in [2.45, 2.75) is 25.1 Å². The third-order valence-corrected chi connectivity index (χ3v) is 3.57. The third kappa shape index (κ3) is 2.71. The van der Waals surface area contributed by atoms with Crippen LogP contribution in [-0.4, -0.2) is 30.0 Å². The van der Waals surface area contributed by atoms with Gasteiger partial charge in [0.25, 0.3) is 0 Å². The molecule has 0 unspecified atom stereocenters. The molecule has 4 nitrogen and oxygen atoms in total. The largest absolute Gasteiger partial charge is 0.416 e. The molecule has 0 atom stereocenters. The molecule has 20 heavy (non-hydrogen) atoms. The van der Waals surface area contributed by atoms with Gasteiger partial charge in [-0.2, -0.15) is 13.2 Å². The van der Waals surface area contributed by atoms with Gasteiger partial charge in [-0.15, -0.1) is 0 Å². The Hall–Kier alpha value is -1.79. The number of aromatic nitrogens is 1. The molecule has 1 amide bonds. The van der Waals surface area contributed by atoms with Crippen LogP contribution in [0.5, 0.6) is 0 Å². The predicted molar refractivity (Wildman–Crippen MR) is 66.1 cm³/mol. The molecular formula is C13H14F3N3O. The van der Waals surface area contributed by atoms with E-state index in [1.54, 1.807) is 4.90 Å². The van der Waals surface area contributed by atoms with Gasteiger partial charge in [-0.1, -0.05) is 0 Å². The van der Waals surface area contributed by atoms with Gasteiger partial charge in [-0.25, -0.2) is 4.98 Å². The molecule has 1 N–H and O–H groups in total. The average molecular weight is 285 g/mol. The predicted octanol–water partition coefficient (Wildman–Crippen LogP) is 1.82. The number of amides is 1. The molecule has 108 valence electrons. The van der Waals surface area contributed by atoms with Crippen LogP contribution in [0.4, 0.5) is 19.0 Å². The van der Waals surface area contributed by atoms with Crippen molar-refractivity contribution in [3.8, 4) is 0 Å². The number of anilines is 1. The molecule has 3 rings (SSSR count). The Morgan fingerprint density at radius 3 is 2.65 bits per heavy atom. The molecule has 1 aromatic rings. The molecular weight excluding hydrogens is 271 g/mol. The third-order valence-electron chi connectivity index (χ3n) is 3.57. The molecule has 2 heterocycles. The summed E-state index contributed by atoms with van der Waals surface area (Å²) in [5, 5.41) is 2.89. The Morgan fingerprint density at radius 1 is 1.35 bits per heavy atom. The standard InChI is InChI=1S/C13H14F3N3O/c14-13(15,16)9-3-4-17-11(5-9)19-6-10(7-19)18-12(20)8-1-2-8/h3-5,8,10H,1-2,6-7H2,(H,18,20). The van der Waals surface area contributed by atoms with Gasteiger partial charge >= 0.3 is 6.18 Å². The smallest absolute Gasteiger partial charge is 0.352 e. The van der Waals surface area contributed by atoms with Crippen molar-refractivity contribution in [1.82, 2.24) is 10.3 Å². The number of carbonyl (C=O) groups excluding carboxylic acids is 1.